The second-order valence-electron chi connectivity index (χ2n) is 5.99. The molecule has 26 heavy (non-hydrogen) atoms. The second kappa shape index (κ2) is 7.63. The van der Waals surface area contributed by atoms with Crippen molar-refractivity contribution in [2.45, 2.75) is 18.1 Å². The maximum atomic E-state index is 11.4. The molecular formula is C19H20N2O4S. The molecule has 0 spiro atoms. The first-order chi connectivity index (χ1) is 12.4. The van der Waals surface area contributed by atoms with E-state index < -0.39 is 10.0 Å². The lowest BCUT2D eigenvalue weighted by atomic mass is 10.1. The Morgan fingerprint density at radius 3 is 2.31 bits per heavy atom. The molecule has 3 aromatic rings. The predicted molar refractivity (Wildman–Crippen MR) is 99.4 cm³/mol. The van der Waals surface area contributed by atoms with E-state index in [9.17, 15) is 13.5 Å². The third-order valence-electron chi connectivity index (χ3n) is 4.01. The molecule has 136 valence electrons. The number of primary sulfonamides is 1. The van der Waals surface area contributed by atoms with Crippen molar-refractivity contribution in [3.63, 3.8) is 0 Å². The minimum Gasteiger partial charge on any atom is -0.508 e. The Morgan fingerprint density at radius 1 is 1.00 bits per heavy atom. The first-order valence-electron chi connectivity index (χ1n) is 8.10. The third-order valence-corrected chi connectivity index (χ3v) is 4.79. The van der Waals surface area contributed by atoms with Crippen LogP contribution in [-0.2, 0) is 23.0 Å². The Kier molecular flexibility index (Phi) is 5.29. The fourth-order valence-corrected chi connectivity index (χ4v) is 3.18. The number of hydrogen-bond acceptors (Lipinski definition) is 5. The van der Waals surface area contributed by atoms with Gasteiger partial charge in [0.1, 0.15) is 5.75 Å². The largest absolute Gasteiger partial charge is 0.508 e. The number of rotatable bonds is 7. The van der Waals surface area contributed by atoms with Gasteiger partial charge in [-0.25, -0.2) is 13.6 Å². The van der Waals surface area contributed by atoms with Crippen LogP contribution in [0.4, 0.5) is 5.69 Å². The fraction of sp³-hybridized carbons (Fsp3) is 0.158. The van der Waals surface area contributed by atoms with Crippen LogP contribution in [-0.4, -0.2) is 20.1 Å². The smallest absolute Gasteiger partial charge is 0.271 e. The molecule has 3 rings (SSSR count). The van der Waals surface area contributed by atoms with Crippen molar-refractivity contribution < 1.29 is 17.9 Å². The maximum Gasteiger partial charge on any atom is 0.271 e. The summed E-state index contributed by atoms with van der Waals surface area (Å²) < 4.78 is 27.9. The molecule has 0 aliphatic rings. The molecule has 0 saturated heterocycles. The summed E-state index contributed by atoms with van der Waals surface area (Å²) in [6.07, 6.45) is 2.22. The Morgan fingerprint density at radius 2 is 1.69 bits per heavy atom. The van der Waals surface area contributed by atoms with Gasteiger partial charge in [0, 0.05) is 30.4 Å². The molecular weight excluding hydrogens is 352 g/mol. The Balaban J connectivity index is 1.80. The molecule has 0 radical (unpaired) electrons. The van der Waals surface area contributed by atoms with E-state index in [1.54, 1.807) is 12.1 Å². The molecule has 2 aromatic carbocycles. The zero-order valence-electron chi connectivity index (χ0n) is 14.1. The number of aromatic hydroxyl groups is 1. The van der Waals surface area contributed by atoms with Gasteiger partial charge in [0.15, 0.2) is 0 Å². The van der Waals surface area contributed by atoms with E-state index in [0.29, 0.717) is 18.7 Å². The molecule has 0 fully saturated rings. The molecule has 0 atom stereocenters. The van der Waals surface area contributed by atoms with Crippen LogP contribution in [0.25, 0.3) is 0 Å². The highest BCUT2D eigenvalue weighted by molar-refractivity contribution is 7.89. The third kappa shape index (κ3) is 4.65. The topological polar surface area (TPSA) is 96.8 Å². The van der Waals surface area contributed by atoms with Gasteiger partial charge in [-0.15, -0.1) is 0 Å². The van der Waals surface area contributed by atoms with Crippen molar-refractivity contribution >= 4 is 15.7 Å². The SMILES string of the molecule is NS(=O)(=O)c1cc(CN(CCc2ccccc2)c2ccc(O)cc2)co1. The van der Waals surface area contributed by atoms with Gasteiger partial charge in [-0.1, -0.05) is 30.3 Å². The van der Waals surface area contributed by atoms with Crippen molar-refractivity contribution in [1.82, 2.24) is 0 Å². The maximum absolute atomic E-state index is 11.4. The van der Waals surface area contributed by atoms with Crippen LogP contribution in [0.2, 0.25) is 0 Å². The lowest BCUT2D eigenvalue weighted by molar-refractivity contribution is 0.449. The summed E-state index contributed by atoms with van der Waals surface area (Å²) >= 11 is 0. The summed E-state index contributed by atoms with van der Waals surface area (Å²) in [5.74, 6) is 0.191. The van der Waals surface area contributed by atoms with E-state index in [0.717, 1.165) is 12.1 Å². The average molecular weight is 372 g/mol. The van der Waals surface area contributed by atoms with E-state index in [2.05, 4.69) is 17.0 Å². The number of furan rings is 1. The van der Waals surface area contributed by atoms with Gasteiger partial charge in [0.25, 0.3) is 10.0 Å². The van der Waals surface area contributed by atoms with Crippen LogP contribution < -0.4 is 10.0 Å². The summed E-state index contributed by atoms with van der Waals surface area (Å²) in [6.45, 7) is 1.17. The number of sulfonamides is 1. The van der Waals surface area contributed by atoms with Gasteiger partial charge in [0.2, 0.25) is 5.09 Å². The zero-order valence-corrected chi connectivity index (χ0v) is 14.9. The van der Waals surface area contributed by atoms with Gasteiger partial charge >= 0.3 is 0 Å². The number of hydrogen-bond donors (Lipinski definition) is 2. The number of benzene rings is 2. The molecule has 1 heterocycles. The highest BCUT2D eigenvalue weighted by Crippen LogP contribution is 2.22. The molecule has 0 unspecified atom stereocenters. The molecule has 0 amide bonds. The average Bonchev–Trinajstić information content (AvgIpc) is 3.09. The molecule has 6 nitrogen and oxygen atoms in total. The van der Waals surface area contributed by atoms with Crippen LogP contribution in [0.3, 0.4) is 0 Å². The van der Waals surface area contributed by atoms with E-state index in [1.165, 1.54) is 17.9 Å². The highest BCUT2D eigenvalue weighted by Gasteiger charge is 2.15. The number of nitrogens with zero attached hydrogens (tertiary/aromatic N) is 1. The van der Waals surface area contributed by atoms with Crippen molar-refractivity contribution in [1.29, 1.82) is 0 Å². The number of phenolic OH excluding ortho intramolecular Hbond substituents is 1. The van der Waals surface area contributed by atoms with E-state index in [-0.39, 0.29) is 10.8 Å². The van der Waals surface area contributed by atoms with Crippen LogP contribution in [0.15, 0.2) is 76.4 Å². The van der Waals surface area contributed by atoms with Gasteiger partial charge in [-0.2, -0.15) is 0 Å². The lowest BCUT2D eigenvalue weighted by Gasteiger charge is -2.24. The zero-order chi connectivity index (χ0) is 18.6. The van der Waals surface area contributed by atoms with Gasteiger partial charge in [-0.3, -0.25) is 0 Å². The van der Waals surface area contributed by atoms with Crippen LogP contribution >= 0.6 is 0 Å². The normalized spacial score (nSPS) is 11.4. The minimum absolute atomic E-state index is 0.191. The fourth-order valence-electron chi connectivity index (χ4n) is 2.68. The van der Waals surface area contributed by atoms with Crippen molar-refractivity contribution in [3.05, 3.63) is 78.1 Å². The lowest BCUT2D eigenvalue weighted by Crippen LogP contribution is -2.25. The highest BCUT2D eigenvalue weighted by atomic mass is 32.2. The van der Waals surface area contributed by atoms with Gasteiger partial charge < -0.3 is 14.4 Å². The number of phenols is 1. The summed E-state index contributed by atoms with van der Waals surface area (Å²) in [7, 11) is -3.86. The van der Waals surface area contributed by atoms with E-state index in [4.69, 9.17) is 9.56 Å². The Hall–Kier alpha value is -2.77. The molecule has 3 N–H and O–H groups in total. The summed E-state index contributed by atoms with van der Waals surface area (Å²) in [4.78, 5) is 2.09. The number of nitrogens with two attached hydrogens (primary N) is 1. The number of anilines is 1. The molecule has 0 aliphatic carbocycles. The molecule has 0 aliphatic heterocycles. The minimum atomic E-state index is -3.86. The van der Waals surface area contributed by atoms with Crippen molar-refractivity contribution in [2.24, 2.45) is 5.14 Å². The molecule has 0 bridgehead atoms. The predicted octanol–water partition coefficient (Wildman–Crippen LogP) is 2.88. The van der Waals surface area contributed by atoms with Crippen LogP contribution in [0.1, 0.15) is 11.1 Å². The first kappa shape index (κ1) is 18.0. The quantitative estimate of drug-likeness (QED) is 0.665. The van der Waals surface area contributed by atoms with Gasteiger partial charge in [-0.05, 0) is 36.2 Å². The Bertz CT molecular complexity index is 951. The first-order valence-corrected chi connectivity index (χ1v) is 9.64. The molecule has 7 heteroatoms. The summed E-state index contributed by atoms with van der Waals surface area (Å²) in [6, 6.07) is 18.4. The van der Waals surface area contributed by atoms with Crippen molar-refractivity contribution in [3.8, 4) is 5.75 Å². The summed E-state index contributed by atoms with van der Waals surface area (Å²) in [5, 5.41) is 14.4. The standard InChI is InChI=1S/C19H20N2O4S/c20-26(23,24)19-12-16(14-25-19)13-21(17-6-8-18(22)9-7-17)11-10-15-4-2-1-3-5-15/h1-9,12,14,22H,10-11,13H2,(H2,20,23,24). The second-order valence-corrected chi connectivity index (χ2v) is 7.48. The van der Waals surface area contributed by atoms with Crippen molar-refractivity contribution in [2.75, 3.05) is 11.4 Å². The van der Waals surface area contributed by atoms with Gasteiger partial charge in [0.05, 0.1) is 6.26 Å². The summed E-state index contributed by atoms with van der Waals surface area (Å²) in [5.41, 5.74) is 2.82. The molecule has 1 aromatic heterocycles. The van der Waals surface area contributed by atoms with Crippen LogP contribution in [0, 0.1) is 0 Å². The molecule has 0 saturated carbocycles. The van der Waals surface area contributed by atoms with Crippen LogP contribution in [0.5, 0.6) is 5.75 Å². The van der Waals surface area contributed by atoms with E-state index >= 15 is 0 Å². The monoisotopic (exact) mass is 372 g/mol. The Labute approximate surface area is 152 Å². The van der Waals surface area contributed by atoms with E-state index in [1.807, 2.05) is 30.3 Å².